The minimum absolute atomic E-state index is 0.0630. The van der Waals surface area contributed by atoms with Crippen molar-refractivity contribution < 1.29 is 18.0 Å². The molecule has 35 heavy (non-hydrogen) atoms. The monoisotopic (exact) mass is 556 g/mol. The lowest BCUT2D eigenvalue weighted by molar-refractivity contribution is -0.142. The van der Waals surface area contributed by atoms with Gasteiger partial charge >= 0.3 is 0 Å². The summed E-state index contributed by atoms with van der Waals surface area (Å²) < 4.78 is 29.3. The van der Waals surface area contributed by atoms with Crippen molar-refractivity contribution in [1.82, 2.24) is 23.6 Å². The van der Waals surface area contributed by atoms with E-state index < -0.39 is 22.0 Å². The number of aromatic nitrogens is 3. The second-order valence-electron chi connectivity index (χ2n) is 8.77. The van der Waals surface area contributed by atoms with Gasteiger partial charge in [-0.3, -0.25) is 14.0 Å². The van der Waals surface area contributed by atoms with E-state index in [0.29, 0.717) is 22.4 Å². The third kappa shape index (κ3) is 4.96. The second kappa shape index (κ2) is 10.1. The summed E-state index contributed by atoms with van der Waals surface area (Å²) in [5.41, 5.74) is 0. The van der Waals surface area contributed by atoms with Gasteiger partial charge in [-0.1, -0.05) is 43.7 Å². The minimum atomic E-state index is -4.06. The molecule has 0 unspecified atom stereocenters. The van der Waals surface area contributed by atoms with E-state index in [1.807, 2.05) is 0 Å². The first kappa shape index (κ1) is 24.6. The number of hydrogen-bond acceptors (Lipinski definition) is 8. The molecule has 4 heterocycles. The number of thiazole rings is 2. The zero-order chi connectivity index (χ0) is 24.6. The number of piperazine rings is 1. The van der Waals surface area contributed by atoms with Crippen LogP contribution in [0.25, 0.3) is 4.96 Å². The van der Waals surface area contributed by atoms with Gasteiger partial charge in [0.1, 0.15) is 6.04 Å². The van der Waals surface area contributed by atoms with Crippen LogP contribution in [0.2, 0.25) is 5.15 Å². The largest absolute Gasteiger partial charge is 0.328 e. The summed E-state index contributed by atoms with van der Waals surface area (Å²) in [6.07, 6.45) is 9.24. The summed E-state index contributed by atoms with van der Waals surface area (Å²) in [5.74, 6) is -0.339. The Bertz CT molecular complexity index is 1320. The third-order valence-corrected chi connectivity index (χ3v) is 10.3. The quantitative estimate of drug-likeness (QED) is 0.477. The highest BCUT2D eigenvalue weighted by molar-refractivity contribution is 7.89. The lowest BCUT2D eigenvalue weighted by Crippen LogP contribution is -2.58. The summed E-state index contributed by atoms with van der Waals surface area (Å²) in [4.78, 5) is 36.8. The molecular formula is C21H25ClN6O4S3. The molecule has 1 aliphatic heterocycles. The van der Waals surface area contributed by atoms with Crippen molar-refractivity contribution in [3.05, 3.63) is 28.3 Å². The molecule has 2 aliphatic rings. The van der Waals surface area contributed by atoms with Crippen molar-refractivity contribution in [2.75, 3.05) is 25.0 Å². The van der Waals surface area contributed by atoms with E-state index in [1.54, 1.807) is 23.2 Å². The molecule has 3 aromatic rings. The lowest BCUT2D eigenvalue weighted by Gasteiger charge is -2.39. The standard InChI is InChI=1S/C21H25ClN6O4S3/c22-17-19(28-9-11-34-21(28)24-17)35(31,32)26-7-8-27(16(29)13-26)15(12-14-4-2-1-3-5-14)18(30)25-20-23-6-10-33-20/h6,9-11,14-15H,1-5,7-8,12-13H2,(H,23,25,30)/t15-/m0/s1. The molecule has 0 bridgehead atoms. The molecule has 2 fully saturated rings. The van der Waals surface area contributed by atoms with Gasteiger partial charge in [0, 0.05) is 36.2 Å². The maximum Gasteiger partial charge on any atom is 0.262 e. The topological polar surface area (TPSA) is 117 Å². The molecule has 1 aliphatic carbocycles. The molecule has 14 heteroatoms. The molecule has 1 saturated carbocycles. The summed E-state index contributed by atoms with van der Waals surface area (Å²) in [5, 5.41) is 6.54. The van der Waals surface area contributed by atoms with Crippen LogP contribution in [-0.4, -0.2) is 69.5 Å². The Balaban J connectivity index is 1.35. The maximum atomic E-state index is 13.4. The Kier molecular flexibility index (Phi) is 7.13. The normalized spacial score (nSPS) is 19.3. The zero-order valence-electron chi connectivity index (χ0n) is 18.8. The number of anilines is 1. The molecule has 3 aromatic heterocycles. The summed E-state index contributed by atoms with van der Waals surface area (Å²) in [6.45, 7) is -0.181. The second-order valence-corrected chi connectivity index (χ2v) is 12.7. The SMILES string of the molecule is O=C(Nc1nccs1)[C@H](CC1CCCCC1)N1CCN(S(=O)(=O)c2c(Cl)nc3sccn23)CC1=O. The first-order valence-corrected chi connectivity index (χ1v) is 15.0. The molecule has 0 aromatic carbocycles. The molecule has 5 rings (SSSR count). The lowest BCUT2D eigenvalue weighted by atomic mass is 9.84. The van der Waals surface area contributed by atoms with Crippen LogP contribution in [0.15, 0.2) is 28.2 Å². The van der Waals surface area contributed by atoms with Crippen molar-refractivity contribution in [3.63, 3.8) is 0 Å². The van der Waals surface area contributed by atoms with E-state index in [9.17, 15) is 18.0 Å². The number of imidazole rings is 1. The third-order valence-electron chi connectivity index (χ3n) is 6.61. The smallest absolute Gasteiger partial charge is 0.262 e. The predicted octanol–water partition coefficient (Wildman–Crippen LogP) is 3.32. The molecule has 0 spiro atoms. The van der Waals surface area contributed by atoms with E-state index >= 15 is 0 Å². The fourth-order valence-corrected chi connectivity index (χ4v) is 8.20. The zero-order valence-corrected chi connectivity index (χ0v) is 22.0. The molecule has 2 amide bonds. The highest BCUT2D eigenvalue weighted by Gasteiger charge is 2.41. The number of carbonyl (C=O) groups is 2. The van der Waals surface area contributed by atoms with Gasteiger partial charge in [-0.05, 0) is 12.3 Å². The van der Waals surface area contributed by atoms with E-state index in [2.05, 4.69) is 15.3 Å². The van der Waals surface area contributed by atoms with Crippen LogP contribution in [0, 0.1) is 5.92 Å². The average molecular weight is 557 g/mol. The fraction of sp³-hybridized carbons (Fsp3) is 0.524. The van der Waals surface area contributed by atoms with E-state index in [4.69, 9.17) is 11.6 Å². The van der Waals surface area contributed by atoms with E-state index in [-0.39, 0.29) is 35.7 Å². The Morgan fingerprint density at radius 1 is 1.20 bits per heavy atom. The summed E-state index contributed by atoms with van der Waals surface area (Å²) >= 11 is 8.75. The molecule has 1 atom stereocenters. The Hall–Kier alpha value is -2.06. The van der Waals surface area contributed by atoms with Crippen molar-refractivity contribution in [3.8, 4) is 0 Å². The van der Waals surface area contributed by atoms with Crippen LogP contribution in [0.1, 0.15) is 38.5 Å². The predicted molar refractivity (Wildman–Crippen MR) is 134 cm³/mol. The van der Waals surface area contributed by atoms with Gasteiger partial charge in [0.15, 0.2) is 20.3 Å². The van der Waals surface area contributed by atoms with Crippen LogP contribution in [0.4, 0.5) is 5.13 Å². The average Bonchev–Trinajstić information content (AvgIpc) is 3.56. The number of sulfonamides is 1. The first-order chi connectivity index (χ1) is 16.8. The van der Waals surface area contributed by atoms with Crippen molar-refractivity contribution in [2.24, 2.45) is 5.92 Å². The number of amides is 2. The summed E-state index contributed by atoms with van der Waals surface area (Å²) in [6, 6.07) is -0.679. The Morgan fingerprint density at radius 3 is 2.71 bits per heavy atom. The van der Waals surface area contributed by atoms with Gasteiger partial charge in [-0.25, -0.2) is 18.4 Å². The molecule has 10 nitrogen and oxygen atoms in total. The highest BCUT2D eigenvalue weighted by Crippen LogP contribution is 2.32. The summed E-state index contributed by atoms with van der Waals surface area (Å²) in [7, 11) is -4.06. The van der Waals surface area contributed by atoms with Crippen molar-refractivity contribution in [2.45, 2.75) is 49.6 Å². The van der Waals surface area contributed by atoms with E-state index in [0.717, 1.165) is 30.0 Å². The number of halogens is 1. The molecular weight excluding hydrogens is 532 g/mol. The number of nitrogens with one attached hydrogen (secondary N) is 1. The van der Waals surface area contributed by atoms with Gasteiger partial charge in [0.05, 0.1) is 6.54 Å². The molecule has 1 saturated heterocycles. The first-order valence-electron chi connectivity index (χ1n) is 11.5. The van der Waals surface area contributed by atoms with Crippen LogP contribution in [0.3, 0.4) is 0 Å². The fourth-order valence-electron chi connectivity index (χ4n) is 4.88. The van der Waals surface area contributed by atoms with Gasteiger partial charge < -0.3 is 10.2 Å². The minimum Gasteiger partial charge on any atom is -0.328 e. The number of nitrogens with zero attached hydrogens (tertiary/aromatic N) is 5. The van der Waals surface area contributed by atoms with Crippen molar-refractivity contribution in [1.29, 1.82) is 0 Å². The maximum absolute atomic E-state index is 13.4. The number of rotatable bonds is 7. The van der Waals surface area contributed by atoms with Crippen LogP contribution < -0.4 is 5.32 Å². The number of fused-ring (bicyclic) bond motifs is 1. The molecule has 0 radical (unpaired) electrons. The molecule has 188 valence electrons. The van der Waals surface area contributed by atoms with Crippen LogP contribution in [0.5, 0.6) is 0 Å². The van der Waals surface area contributed by atoms with Gasteiger partial charge in [0.2, 0.25) is 11.8 Å². The highest BCUT2D eigenvalue weighted by atomic mass is 35.5. The van der Waals surface area contributed by atoms with Gasteiger partial charge in [0.25, 0.3) is 10.0 Å². The Morgan fingerprint density at radius 2 is 2.00 bits per heavy atom. The van der Waals surface area contributed by atoms with Gasteiger partial charge in [-0.2, -0.15) is 4.31 Å². The Labute approximate surface area is 216 Å². The number of carbonyl (C=O) groups excluding carboxylic acids is 2. The van der Waals surface area contributed by atoms with Gasteiger partial charge in [-0.15, -0.1) is 22.7 Å². The van der Waals surface area contributed by atoms with Crippen LogP contribution >= 0.6 is 34.3 Å². The number of hydrogen-bond donors (Lipinski definition) is 1. The van der Waals surface area contributed by atoms with Crippen LogP contribution in [-0.2, 0) is 19.6 Å². The van der Waals surface area contributed by atoms with E-state index in [1.165, 1.54) is 38.4 Å². The molecule has 1 N–H and O–H groups in total. The van der Waals surface area contributed by atoms with Crippen molar-refractivity contribution >= 4 is 66.2 Å².